The first-order valence-electron chi connectivity index (χ1n) is 10.1. The highest BCUT2D eigenvalue weighted by Crippen LogP contribution is 2.21. The lowest BCUT2D eigenvalue weighted by molar-refractivity contribution is 0.0170. The molecule has 2 N–H and O–H groups in total. The number of hydrogen-bond donors (Lipinski definition) is 2. The van der Waals surface area contributed by atoms with E-state index in [0.717, 1.165) is 51.8 Å². The Balaban J connectivity index is 0.00000420. The molecule has 29 heavy (non-hydrogen) atoms. The number of nitrogens with zero attached hydrogens (tertiary/aromatic N) is 2. The van der Waals surface area contributed by atoms with Crippen molar-refractivity contribution in [3.05, 3.63) is 35.4 Å². The fourth-order valence-electron chi connectivity index (χ4n) is 3.17. The third-order valence-electron chi connectivity index (χ3n) is 4.82. The van der Waals surface area contributed by atoms with Crippen molar-refractivity contribution in [2.75, 3.05) is 73.4 Å². The van der Waals surface area contributed by atoms with Crippen LogP contribution in [-0.4, -0.2) is 84.2 Å². The maximum atomic E-state index is 5.53. The van der Waals surface area contributed by atoms with Gasteiger partial charge >= 0.3 is 0 Å². The molecule has 0 radical (unpaired) electrons. The van der Waals surface area contributed by atoms with Crippen molar-refractivity contribution in [2.24, 2.45) is 4.99 Å². The van der Waals surface area contributed by atoms with Gasteiger partial charge in [0.2, 0.25) is 0 Å². The minimum absolute atomic E-state index is 0. The van der Waals surface area contributed by atoms with Gasteiger partial charge in [-0.2, -0.15) is 0 Å². The van der Waals surface area contributed by atoms with Crippen molar-refractivity contribution in [1.29, 1.82) is 0 Å². The first-order chi connectivity index (χ1) is 13.7. The zero-order chi connectivity index (χ0) is 20.0. The van der Waals surface area contributed by atoms with Gasteiger partial charge in [0, 0.05) is 46.9 Å². The fourth-order valence-corrected chi connectivity index (χ4v) is 3.17. The predicted octanol–water partition coefficient (Wildman–Crippen LogP) is 2.20. The van der Waals surface area contributed by atoms with E-state index in [1.165, 1.54) is 11.1 Å². The van der Waals surface area contributed by atoms with Crippen LogP contribution in [0.15, 0.2) is 29.3 Å². The summed E-state index contributed by atoms with van der Waals surface area (Å²) in [5.41, 5.74) is 2.60. The van der Waals surface area contributed by atoms with Crippen LogP contribution in [0.4, 0.5) is 0 Å². The highest BCUT2D eigenvalue weighted by atomic mass is 127. The van der Waals surface area contributed by atoms with Gasteiger partial charge in [-0.15, -0.1) is 24.0 Å². The molecule has 0 aliphatic carbocycles. The van der Waals surface area contributed by atoms with E-state index in [2.05, 4.69) is 51.7 Å². The molecule has 1 aromatic carbocycles. The van der Waals surface area contributed by atoms with E-state index < -0.39 is 0 Å². The van der Waals surface area contributed by atoms with Gasteiger partial charge in [-0.1, -0.05) is 29.8 Å². The predicted molar refractivity (Wildman–Crippen MR) is 128 cm³/mol. The number of rotatable bonds is 11. The second kappa shape index (κ2) is 15.8. The Morgan fingerprint density at radius 3 is 2.52 bits per heavy atom. The molecule has 1 atom stereocenters. The molecule has 8 heteroatoms. The summed E-state index contributed by atoms with van der Waals surface area (Å²) in [5, 5.41) is 6.85. The Morgan fingerprint density at radius 2 is 1.86 bits per heavy atom. The van der Waals surface area contributed by atoms with Crippen LogP contribution < -0.4 is 10.6 Å². The summed E-state index contributed by atoms with van der Waals surface area (Å²) in [5.74, 6) is 0.822. The maximum Gasteiger partial charge on any atom is 0.191 e. The van der Waals surface area contributed by atoms with E-state index in [1.807, 2.05) is 0 Å². The van der Waals surface area contributed by atoms with Crippen LogP contribution in [-0.2, 0) is 14.2 Å². The maximum absolute atomic E-state index is 5.53. The van der Waals surface area contributed by atoms with Crippen LogP contribution in [0, 0.1) is 6.92 Å². The second-order valence-corrected chi connectivity index (χ2v) is 6.91. The van der Waals surface area contributed by atoms with E-state index in [-0.39, 0.29) is 24.0 Å². The van der Waals surface area contributed by atoms with Gasteiger partial charge in [0.25, 0.3) is 0 Å². The van der Waals surface area contributed by atoms with E-state index >= 15 is 0 Å². The van der Waals surface area contributed by atoms with Crippen LogP contribution >= 0.6 is 24.0 Å². The minimum atomic E-state index is 0. The number of morpholine rings is 1. The Labute approximate surface area is 192 Å². The standard InChI is InChI=1S/C21H36N4O3.HI/c1-18-5-7-19(8-6-18)20(25-10-13-28-14-11-25)17-24-21(22-2)23-9-4-12-27-16-15-26-3;/h5-8,20H,4,9-17H2,1-3H3,(H2,22,23,24);1H. The lowest BCUT2D eigenvalue weighted by Gasteiger charge is -2.35. The van der Waals surface area contributed by atoms with Crippen molar-refractivity contribution in [3.8, 4) is 0 Å². The Hall–Kier alpha value is -0.940. The summed E-state index contributed by atoms with van der Waals surface area (Å²) in [6.45, 7) is 9.21. The average Bonchev–Trinajstić information content (AvgIpc) is 2.73. The molecule has 7 nitrogen and oxygen atoms in total. The number of halogens is 1. The third-order valence-corrected chi connectivity index (χ3v) is 4.82. The molecular weight excluding hydrogens is 483 g/mol. The van der Waals surface area contributed by atoms with Gasteiger partial charge in [-0.3, -0.25) is 9.89 Å². The van der Waals surface area contributed by atoms with Crippen molar-refractivity contribution in [3.63, 3.8) is 0 Å². The largest absolute Gasteiger partial charge is 0.382 e. The quantitative estimate of drug-likeness (QED) is 0.202. The van der Waals surface area contributed by atoms with Crippen LogP contribution in [0.2, 0.25) is 0 Å². The number of benzene rings is 1. The van der Waals surface area contributed by atoms with Crippen molar-refractivity contribution >= 4 is 29.9 Å². The normalized spacial score (nSPS) is 16.2. The molecule has 1 fully saturated rings. The zero-order valence-corrected chi connectivity index (χ0v) is 20.3. The molecule has 0 aromatic heterocycles. The van der Waals surface area contributed by atoms with Gasteiger partial charge < -0.3 is 24.8 Å². The number of aliphatic imine (C=N–C) groups is 1. The fraction of sp³-hybridized carbons (Fsp3) is 0.667. The number of nitrogens with one attached hydrogen (secondary N) is 2. The van der Waals surface area contributed by atoms with Gasteiger partial charge in [-0.25, -0.2) is 0 Å². The number of aryl methyl sites for hydroxylation is 1. The number of hydrogen-bond acceptors (Lipinski definition) is 5. The first kappa shape index (κ1) is 26.1. The second-order valence-electron chi connectivity index (χ2n) is 6.91. The highest BCUT2D eigenvalue weighted by Gasteiger charge is 2.22. The van der Waals surface area contributed by atoms with E-state index in [1.54, 1.807) is 14.2 Å². The van der Waals surface area contributed by atoms with Crippen LogP contribution in [0.3, 0.4) is 0 Å². The highest BCUT2D eigenvalue weighted by molar-refractivity contribution is 14.0. The summed E-state index contributed by atoms with van der Waals surface area (Å²) in [6.07, 6.45) is 0.926. The summed E-state index contributed by atoms with van der Waals surface area (Å²) < 4.78 is 16.0. The molecule has 1 aliphatic heterocycles. The smallest absolute Gasteiger partial charge is 0.191 e. The molecule has 0 spiro atoms. The molecule has 1 aromatic rings. The first-order valence-corrected chi connectivity index (χ1v) is 10.1. The van der Waals surface area contributed by atoms with E-state index in [4.69, 9.17) is 14.2 Å². The van der Waals surface area contributed by atoms with Crippen molar-refractivity contribution < 1.29 is 14.2 Å². The molecule has 166 valence electrons. The van der Waals surface area contributed by atoms with Gasteiger partial charge in [0.15, 0.2) is 5.96 Å². The number of methoxy groups -OCH3 is 1. The summed E-state index contributed by atoms with van der Waals surface area (Å²) in [6, 6.07) is 9.11. The van der Waals surface area contributed by atoms with Crippen molar-refractivity contribution in [1.82, 2.24) is 15.5 Å². The van der Waals surface area contributed by atoms with Crippen LogP contribution in [0.1, 0.15) is 23.6 Å². The minimum Gasteiger partial charge on any atom is -0.382 e. The molecule has 1 heterocycles. The van der Waals surface area contributed by atoms with Gasteiger partial charge in [-0.05, 0) is 18.9 Å². The monoisotopic (exact) mass is 520 g/mol. The molecular formula is C21H37IN4O3. The molecule has 0 bridgehead atoms. The van der Waals surface area contributed by atoms with Gasteiger partial charge in [0.05, 0.1) is 32.5 Å². The summed E-state index contributed by atoms with van der Waals surface area (Å²) >= 11 is 0. The summed E-state index contributed by atoms with van der Waals surface area (Å²) in [7, 11) is 3.49. The topological polar surface area (TPSA) is 67.4 Å². The third kappa shape index (κ3) is 10.1. The average molecular weight is 520 g/mol. The lowest BCUT2D eigenvalue weighted by atomic mass is 10.0. The number of ether oxygens (including phenoxy) is 3. The zero-order valence-electron chi connectivity index (χ0n) is 18.0. The Morgan fingerprint density at radius 1 is 1.14 bits per heavy atom. The van der Waals surface area contributed by atoms with Gasteiger partial charge in [0.1, 0.15) is 0 Å². The molecule has 1 aliphatic rings. The van der Waals surface area contributed by atoms with E-state index in [9.17, 15) is 0 Å². The summed E-state index contributed by atoms with van der Waals surface area (Å²) in [4.78, 5) is 6.83. The Kier molecular flexibility index (Phi) is 14.3. The number of guanidine groups is 1. The van der Waals surface area contributed by atoms with Crippen LogP contribution in [0.5, 0.6) is 0 Å². The Bertz CT molecular complexity index is 566. The van der Waals surface area contributed by atoms with Crippen LogP contribution in [0.25, 0.3) is 0 Å². The van der Waals surface area contributed by atoms with E-state index in [0.29, 0.717) is 25.9 Å². The molecule has 0 saturated carbocycles. The molecule has 0 amide bonds. The molecule has 1 saturated heterocycles. The molecule has 1 unspecified atom stereocenters. The molecule has 2 rings (SSSR count). The SMILES string of the molecule is CN=C(NCCCOCCOC)NCC(c1ccc(C)cc1)N1CCOCC1.I. The lowest BCUT2D eigenvalue weighted by Crippen LogP contribution is -2.46. The van der Waals surface area contributed by atoms with Crippen molar-refractivity contribution in [2.45, 2.75) is 19.4 Å².